The molecule has 0 saturated heterocycles. The van der Waals surface area contributed by atoms with Crippen molar-refractivity contribution in [2.45, 2.75) is 6.10 Å². The van der Waals surface area contributed by atoms with Crippen LogP contribution in [0.5, 0.6) is 5.75 Å². The van der Waals surface area contributed by atoms with E-state index in [4.69, 9.17) is 10.2 Å². The van der Waals surface area contributed by atoms with Crippen molar-refractivity contribution in [1.82, 2.24) is 0 Å². The van der Waals surface area contributed by atoms with Crippen LogP contribution in [-0.4, -0.2) is 30.9 Å². The third kappa shape index (κ3) is 3.52. The molecular weight excluding hydrogens is 236 g/mol. The topological polar surface area (TPSA) is 101 Å². The van der Waals surface area contributed by atoms with Crippen LogP contribution in [0.1, 0.15) is 11.7 Å². The van der Waals surface area contributed by atoms with Gasteiger partial charge in [0.15, 0.2) is 6.10 Å². The fourth-order valence-corrected chi connectivity index (χ4v) is 1.48. The second kappa shape index (κ2) is 4.50. The Morgan fingerprint density at radius 1 is 1.31 bits per heavy atom. The summed E-state index contributed by atoms with van der Waals surface area (Å²) in [6.07, 6.45) is -0.736. The zero-order valence-electron chi connectivity index (χ0n) is 8.32. The van der Waals surface area contributed by atoms with Gasteiger partial charge in [-0.05, 0) is 17.7 Å². The van der Waals surface area contributed by atoms with Crippen LogP contribution in [0.15, 0.2) is 24.3 Å². The molecule has 0 amide bonds. The summed E-state index contributed by atoms with van der Waals surface area (Å²) in [5.41, 5.74) is 0.147. The van der Waals surface area contributed by atoms with Gasteiger partial charge in [-0.1, -0.05) is 12.1 Å². The maximum Gasteiger partial charge on any atom is 0.337 e. The number of aliphatic carboxylic acids is 1. The van der Waals surface area contributed by atoms with Gasteiger partial charge in [0.2, 0.25) is 0 Å². The molecule has 0 aliphatic carbocycles. The van der Waals surface area contributed by atoms with Gasteiger partial charge in [-0.2, -0.15) is 8.42 Å². The van der Waals surface area contributed by atoms with Crippen LogP contribution in [0.3, 0.4) is 0 Å². The van der Waals surface area contributed by atoms with Gasteiger partial charge in [0, 0.05) is 0 Å². The summed E-state index contributed by atoms with van der Waals surface area (Å²) in [5, 5.41) is 17.7. The summed E-state index contributed by atoms with van der Waals surface area (Å²) in [6, 6.07) is 5.09. The van der Waals surface area contributed by atoms with Crippen molar-refractivity contribution in [1.29, 1.82) is 0 Å². The number of hydrogen-bond acceptors (Lipinski definition) is 5. The van der Waals surface area contributed by atoms with Crippen molar-refractivity contribution in [3.05, 3.63) is 29.8 Å². The first-order chi connectivity index (χ1) is 7.29. The van der Waals surface area contributed by atoms with Crippen LogP contribution in [0.25, 0.3) is 0 Å². The predicted molar refractivity (Wildman–Crippen MR) is 54.5 cm³/mol. The summed E-state index contributed by atoms with van der Waals surface area (Å²) in [7, 11) is -3.61. The molecule has 0 bridgehead atoms. The average Bonchev–Trinajstić information content (AvgIpc) is 2.15. The summed E-state index contributed by atoms with van der Waals surface area (Å²) in [4.78, 5) is 10.4. The van der Waals surface area contributed by atoms with E-state index in [1.54, 1.807) is 0 Å². The van der Waals surface area contributed by atoms with Crippen LogP contribution in [-0.2, 0) is 14.9 Å². The molecule has 88 valence electrons. The highest BCUT2D eigenvalue weighted by Gasteiger charge is 2.15. The SMILES string of the molecule is CS(=O)(=O)Oc1ccc(C(O)C(=O)O)cc1. The molecule has 0 aromatic heterocycles. The molecule has 0 aliphatic heterocycles. The molecule has 1 atom stereocenters. The maximum absolute atomic E-state index is 10.8. The van der Waals surface area contributed by atoms with Crippen molar-refractivity contribution in [2.24, 2.45) is 0 Å². The molecule has 1 rings (SSSR count). The van der Waals surface area contributed by atoms with Gasteiger partial charge >= 0.3 is 16.1 Å². The highest BCUT2D eigenvalue weighted by Crippen LogP contribution is 2.18. The molecule has 7 heteroatoms. The summed E-state index contributed by atoms with van der Waals surface area (Å²) in [5.74, 6) is -1.32. The maximum atomic E-state index is 10.8. The lowest BCUT2D eigenvalue weighted by molar-refractivity contribution is -0.146. The lowest BCUT2D eigenvalue weighted by Crippen LogP contribution is -2.10. The van der Waals surface area contributed by atoms with Crippen molar-refractivity contribution < 1.29 is 27.6 Å². The van der Waals surface area contributed by atoms with E-state index in [0.717, 1.165) is 6.26 Å². The number of carboxylic acid groups (broad SMARTS) is 1. The Morgan fingerprint density at radius 2 is 1.81 bits per heavy atom. The van der Waals surface area contributed by atoms with E-state index >= 15 is 0 Å². The standard InChI is InChI=1S/C9H10O6S/c1-16(13,14)15-7-4-2-6(3-5-7)8(10)9(11)12/h2-5,8,10H,1H3,(H,11,12). The normalized spacial score (nSPS) is 13.1. The number of benzene rings is 1. The molecule has 0 fully saturated rings. The second-order valence-electron chi connectivity index (χ2n) is 3.10. The highest BCUT2D eigenvalue weighted by molar-refractivity contribution is 7.86. The number of aliphatic hydroxyl groups excluding tert-OH is 1. The second-order valence-corrected chi connectivity index (χ2v) is 4.67. The van der Waals surface area contributed by atoms with Crippen molar-refractivity contribution in [3.8, 4) is 5.75 Å². The van der Waals surface area contributed by atoms with Gasteiger partial charge in [-0.15, -0.1) is 0 Å². The molecule has 0 aliphatic rings. The smallest absolute Gasteiger partial charge is 0.337 e. The fourth-order valence-electron chi connectivity index (χ4n) is 1.02. The van der Waals surface area contributed by atoms with Crippen LogP contribution < -0.4 is 4.18 Å². The first-order valence-corrected chi connectivity index (χ1v) is 6.01. The Bertz CT molecular complexity index is 475. The minimum absolute atomic E-state index is 0.0591. The summed E-state index contributed by atoms with van der Waals surface area (Å²) < 4.78 is 26.1. The van der Waals surface area contributed by atoms with Gasteiger partial charge < -0.3 is 14.4 Å². The van der Waals surface area contributed by atoms with E-state index in [0.29, 0.717) is 0 Å². The van der Waals surface area contributed by atoms with Crippen molar-refractivity contribution in [3.63, 3.8) is 0 Å². The first kappa shape index (κ1) is 12.5. The molecule has 6 nitrogen and oxygen atoms in total. The lowest BCUT2D eigenvalue weighted by Gasteiger charge is -2.07. The minimum atomic E-state index is -3.61. The Balaban J connectivity index is 2.87. The Morgan fingerprint density at radius 3 is 2.19 bits per heavy atom. The first-order valence-electron chi connectivity index (χ1n) is 4.20. The Kier molecular flexibility index (Phi) is 3.51. The van der Waals surface area contributed by atoms with E-state index in [-0.39, 0.29) is 11.3 Å². The monoisotopic (exact) mass is 246 g/mol. The van der Waals surface area contributed by atoms with Crippen LogP contribution in [0.2, 0.25) is 0 Å². The average molecular weight is 246 g/mol. The van der Waals surface area contributed by atoms with Crippen LogP contribution >= 0.6 is 0 Å². The summed E-state index contributed by atoms with van der Waals surface area (Å²) >= 11 is 0. The van der Waals surface area contributed by atoms with Gasteiger partial charge in [0.1, 0.15) is 5.75 Å². The predicted octanol–water partition coefficient (Wildman–Crippen LogP) is 0.143. The van der Waals surface area contributed by atoms with E-state index in [1.165, 1.54) is 24.3 Å². The number of rotatable bonds is 4. The quantitative estimate of drug-likeness (QED) is 0.733. The summed E-state index contributed by atoms with van der Waals surface area (Å²) in [6.45, 7) is 0. The Hall–Kier alpha value is -1.60. The van der Waals surface area contributed by atoms with Crippen LogP contribution in [0, 0.1) is 0 Å². The van der Waals surface area contributed by atoms with Gasteiger partial charge in [0.05, 0.1) is 6.26 Å². The molecule has 2 N–H and O–H groups in total. The molecule has 0 saturated carbocycles. The number of carboxylic acids is 1. The van der Waals surface area contributed by atoms with E-state index in [1.807, 2.05) is 0 Å². The van der Waals surface area contributed by atoms with Gasteiger partial charge in [0.25, 0.3) is 0 Å². The molecule has 0 radical (unpaired) electrons. The zero-order valence-corrected chi connectivity index (χ0v) is 9.14. The number of hydrogen-bond donors (Lipinski definition) is 2. The number of carbonyl (C=O) groups is 1. The minimum Gasteiger partial charge on any atom is -0.479 e. The molecule has 1 unspecified atom stereocenters. The third-order valence-electron chi connectivity index (χ3n) is 1.68. The Labute approximate surface area is 92.2 Å². The molecule has 0 heterocycles. The van der Waals surface area contributed by atoms with Gasteiger partial charge in [-0.3, -0.25) is 0 Å². The molecule has 1 aromatic carbocycles. The van der Waals surface area contributed by atoms with Crippen molar-refractivity contribution in [2.75, 3.05) is 6.26 Å². The van der Waals surface area contributed by atoms with E-state index < -0.39 is 22.2 Å². The molecule has 1 aromatic rings. The molecule has 0 spiro atoms. The van der Waals surface area contributed by atoms with Crippen LogP contribution in [0.4, 0.5) is 0 Å². The largest absolute Gasteiger partial charge is 0.479 e. The highest BCUT2D eigenvalue weighted by atomic mass is 32.2. The van der Waals surface area contributed by atoms with Crippen molar-refractivity contribution >= 4 is 16.1 Å². The fraction of sp³-hybridized carbons (Fsp3) is 0.222. The number of aliphatic hydroxyl groups is 1. The lowest BCUT2D eigenvalue weighted by atomic mass is 10.1. The van der Waals surface area contributed by atoms with E-state index in [2.05, 4.69) is 4.18 Å². The molecule has 16 heavy (non-hydrogen) atoms. The van der Waals surface area contributed by atoms with E-state index in [9.17, 15) is 13.2 Å². The molecular formula is C9H10O6S. The van der Waals surface area contributed by atoms with Gasteiger partial charge in [-0.25, -0.2) is 4.79 Å². The zero-order chi connectivity index (χ0) is 12.3. The third-order valence-corrected chi connectivity index (χ3v) is 2.17.